The van der Waals surface area contributed by atoms with Crippen molar-refractivity contribution < 1.29 is 29.0 Å². The SMILES string of the molecule is CC(C)C[C@@H]1NC(=O)c2ccc(c(Cl)c2)OCCCn2cc(nn2)CNC(=O)[C@@H](Cc2ccccc2)NC(=O)[C@H]([C@@H](C)O)NC1=O. The predicted molar refractivity (Wildman–Crippen MR) is 170 cm³/mol. The number of aromatic nitrogens is 3. The van der Waals surface area contributed by atoms with Crippen molar-refractivity contribution in [1.29, 1.82) is 0 Å². The fraction of sp³-hybridized carbons (Fsp3) is 0.438. The number of carbonyl (C=O) groups is 4. The third-order valence-electron chi connectivity index (χ3n) is 7.32. The summed E-state index contributed by atoms with van der Waals surface area (Å²) in [6, 6.07) is 10.2. The Kier molecular flexibility index (Phi) is 12.1. The summed E-state index contributed by atoms with van der Waals surface area (Å²) in [5.41, 5.74) is 1.52. The van der Waals surface area contributed by atoms with Crippen molar-refractivity contribution in [2.24, 2.45) is 5.92 Å². The van der Waals surface area contributed by atoms with Crippen molar-refractivity contribution in [3.05, 3.63) is 76.6 Å². The van der Waals surface area contributed by atoms with Crippen LogP contribution in [0.5, 0.6) is 5.75 Å². The number of halogens is 1. The number of benzene rings is 2. The maximum Gasteiger partial charge on any atom is 0.251 e. The van der Waals surface area contributed by atoms with Crippen LogP contribution in [0, 0.1) is 5.92 Å². The van der Waals surface area contributed by atoms with Gasteiger partial charge in [0.15, 0.2) is 0 Å². The number of nitrogens with one attached hydrogen (secondary N) is 4. The molecule has 5 N–H and O–H groups in total. The van der Waals surface area contributed by atoms with E-state index in [0.29, 0.717) is 31.0 Å². The van der Waals surface area contributed by atoms with Crippen LogP contribution in [-0.2, 0) is 33.9 Å². The van der Waals surface area contributed by atoms with Gasteiger partial charge in [0.25, 0.3) is 5.91 Å². The largest absolute Gasteiger partial charge is 0.492 e. The van der Waals surface area contributed by atoms with Crippen molar-refractivity contribution in [3.8, 4) is 5.75 Å². The van der Waals surface area contributed by atoms with Crippen LogP contribution in [0.2, 0.25) is 5.02 Å². The van der Waals surface area contributed by atoms with Gasteiger partial charge in [-0.05, 0) is 43.0 Å². The molecule has 4 amide bonds. The van der Waals surface area contributed by atoms with Crippen LogP contribution in [0.25, 0.3) is 0 Å². The number of hydrogen-bond acceptors (Lipinski definition) is 8. The lowest BCUT2D eigenvalue weighted by Gasteiger charge is -2.27. The highest BCUT2D eigenvalue weighted by Crippen LogP contribution is 2.26. The molecular weight excluding hydrogens is 614 g/mol. The van der Waals surface area contributed by atoms with Gasteiger partial charge in [0.2, 0.25) is 17.7 Å². The molecule has 246 valence electrons. The minimum absolute atomic E-state index is 0.00271. The summed E-state index contributed by atoms with van der Waals surface area (Å²) in [5, 5.41) is 29.8. The summed E-state index contributed by atoms with van der Waals surface area (Å²) >= 11 is 6.41. The summed E-state index contributed by atoms with van der Waals surface area (Å²) in [5.74, 6) is -2.07. The summed E-state index contributed by atoms with van der Waals surface area (Å²) in [4.78, 5) is 53.6. The zero-order chi connectivity index (χ0) is 33.2. The molecule has 0 saturated heterocycles. The Balaban J connectivity index is 1.62. The average molecular weight is 654 g/mol. The molecule has 0 aliphatic carbocycles. The molecule has 2 aromatic carbocycles. The van der Waals surface area contributed by atoms with Crippen molar-refractivity contribution in [1.82, 2.24) is 36.3 Å². The van der Waals surface area contributed by atoms with Crippen LogP contribution in [0.15, 0.2) is 54.7 Å². The number of nitrogens with zero attached hydrogens (tertiary/aromatic N) is 3. The smallest absolute Gasteiger partial charge is 0.251 e. The van der Waals surface area contributed by atoms with Crippen molar-refractivity contribution in [2.75, 3.05) is 6.61 Å². The second kappa shape index (κ2) is 16.2. The van der Waals surface area contributed by atoms with E-state index in [9.17, 15) is 24.3 Å². The van der Waals surface area contributed by atoms with E-state index in [1.165, 1.54) is 13.0 Å². The molecular formula is C32H40ClN7O6. The van der Waals surface area contributed by atoms with E-state index >= 15 is 0 Å². The standard InChI is InChI=1S/C32H40ClN7O6/c1-19(2)14-25-31(44)37-28(20(3)41)32(45)36-26(15-21-8-5-4-6-9-21)30(43)34-17-23-18-40(39-38-23)12-7-13-46-27-11-10-22(16-24(27)33)29(42)35-25/h4-6,8-11,16,18-20,25-26,28,41H,7,12-15,17H2,1-3H3,(H,34,43)(H,35,42)(H,36,45)(H,37,44)/t20-,25+,26-,28+/m1/s1. The molecule has 14 heteroatoms. The molecule has 0 saturated carbocycles. The van der Waals surface area contributed by atoms with Gasteiger partial charge in [0.1, 0.15) is 29.6 Å². The third kappa shape index (κ3) is 9.75. The van der Waals surface area contributed by atoms with Gasteiger partial charge >= 0.3 is 0 Å². The Hall–Kier alpha value is -4.49. The highest BCUT2D eigenvalue weighted by atomic mass is 35.5. The molecule has 0 radical (unpaired) electrons. The normalized spacial score (nSPS) is 21.0. The average Bonchev–Trinajstić information content (AvgIpc) is 3.47. The molecule has 1 aromatic heterocycles. The molecule has 5 rings (SSSR count). The van der Waals surface area contributed by atoms with Crippen LogP contribution >= 0.6 is 11.6 Å². The Morgan fingerprint density at radius 3 is 2.43 bits per heavy atom. The number of amides is 4. The molecule has 3 heterocycles. The second-order valence-electron chi connectivity index (χ2n) is 11.7. The predicted octanol–water partition coefficient (Wildman–Crippen LogP) is 1.77. The summed E-state index contributed by atoms with van der Waals surface area (Å²) in [6.45, 7) is 6.00. The van der Waals surface area contributed by atoms with Crippen LogP contribution in [0.3, 0.4) is 0 Å². The maximum absolute atomic E-state index is 13.5. The molecule has 0 unspecified atom stereocenters. The van der Waals surface area contributed by atoms with E-state index in [1.54, 1.807) is 23.0 Å². The Morgan fingerprint density at radius 2 is 1.74 bits per heavy atom. The molecule has 2 aliphatic rings. The first-order valence-electron chi connectivity index (χ1n) is 15.2. The summed E-state index contributed by atoms with van der Waals surface area (Å²) < 4.78 is 7.43. The van der Waals surface area contributed by atoms with Crippen LogP contribution in [0.1, 0.15) is 55.2 Å². The highest BCUT2D eigenvalue weighted by molar-refractivity contribution is 6.32. The number of aliphatic hydroxyl groups is 1. The van der Waals surface area contributed by atoms with Gasteiger partial charge in [-0.1, -0.05) is 61.0 Å². The van der Waals surface area contributed by atoms with Gasteiger partial charge in [-0.25, -0.2) is 0 Å². The monoisotopic (exact) mass is 653 g/mol. The number of carbonyl (C=O) groups excluding carboxylic acids is 4. The summed E-state index contributed by atoms with van der Waals surface area (Å²) in [7, 11) is 0. The van der Waals surface area contributed by atoms with Crippen LogP contribution in [0.4, 0.5) is 0 Å². The number of aliphatic hydroxyl groups excluding tert-OH is 1. The number of hydrogen-bond donors (Lipinski definition) is 5. The molecule has 4 atom stereocenters. The zero-order valence-corrected chi connectivity index (χ0v) is 26.8. The lowest BCUT2D eigenvalue weighted by Crippen LogP contribution is -2.60. The molecule has 46 heavy (non-hydrogen) atoms. The first-order chi connectivity index (χ1) is 22.0. The fourth-order valence-corrected chi connectivity index (χ4v) is 5.16. The van der Waals surface area contributed by atoms with E-state index in [1.807, 2.05) is 44.2 Å². The van der Waals surface area contributed by atoms with Gasteiger partial charge in [-0.2, -0.15) is 0 Å². The first-order valence-corrected chi connectivity index (χ1v) is 15.6. The van der Waals surface area contributed by atoms with Crippen LogP contribution < -0.4 is 26.0 Å². The van der Waals surface area contributed by atoms with Gasteiger partial charge in [-0.15, -0.1) is 5.10 Å². The van der Waals surface area contributed by atoms with E-state index in [0.717, 1.165) is 5.56 Å². The topological polar surface area (TPSA) is 177 Å². The van der Waals surface area contributed by atoms with Gasteiger partial charge < -0.3 is 31.1 Å². The highest BCUT2D eigenvalue weighted by Gasteiger charge is 2.33. The molecule has 3 aromatic rings. The minimum Gasteiger partial charge on any atom is -0.492 e. The number of fused-ring (bicyclic) bond motifs is 16. The van der Waals surface area contributed by atoms with Crippen molar-refractivity contribution in [3.63, 3.8) is 0 Å². The van der Waals surface area contributed by atoms with Gasteiger partial charge in [0.05, 0.1) is 30.5 Å². The van der Waals surface area contributed by atoms with E-state index in [2.05, 4.69) is 31.6 Å². The second-order valence-corrected chi connectivity index (χ2v) is 12.1. The molecule has 0 fully saturated rings. The molecule has 13 nitrogen and oxygen atoms in total. The minimum atomic E-state index is -1.42. The zero-order valence-electron chi connectivity index (χ0n) is 26.0. The van der Waals surface area contributed by atoms with E-state index in [4.69, 9.17) is 16.3 Å². The molecule has 4 bridgehead atoms. The Labute approximate surface area is 272 Å². The number of aryl methyl sites for hydroxylation is 1. The van der Waals surface area contributed by atoms with Gasteiger partial charge in [0, 0.05) is 24.9 Å². The molecule has 2 aliphatic heterocycles. The first kappa shape index (κ1) is 34.4. The van der Waals surface area contributed by atoms with Crippen molar-refractivity contribution >= 4 is 35.2 Å². The lowest BCUT2D eigenvalue weighted by molar-refractivity contribution is -0.135. The lowest BCUT2D eigenvalue weighted by atomic mass is 10.0. The third-order valence-corrected chi connectivity index (χ3v) is 7.62. The Morgan fingerprint density at radius 1 is 0.978 bits per heavy atom. The van der Waals surface area contributed by atoms with Crippen LogP contribution in [-0.4, -0.2) is 74.6 Å². The van der Waals surface area contributed by atoms with Gasteiger partial charge in [-0.3, -0.25) is 23.9 Å². The molecule has 0 spiro atoms. The maximum atomic E-state index is 13.5. The summed E-state index contributed by atoms with van der Waals surface area (Å²) in [6.07, 6.45) is 1.36. The number of ether oxygens (including phenoxy) is 1. The fourth-order valence-electron chi connectivity index (χ4n) is 4.92. The van der Waals surface area contributed by atoms with Crippen molar-refractivity contribution in [2.45, 2.75) is 77.4 Å². The Bertz CT molecular complexity index is 1510. The van der Waals surface area contributed by atoms with E-state index in [-0.39, 0.29) is 35.9 Å². The van der Waals surface area contributed by atoms with E-state index < -0.39 is 47.9 Å². The number of rotatable bonds is 5. The quantitative estimate of drug-likeness (QED) is 0.259.